The van der Waals surface area contributed by atoms with Crippen molar-refractivity contribution < 1.29 is 13.2 Å². The van der Waals surface area contributed by atoms with Crippen LogP contribution >= 0.6 is 11.5 Å². The highest BCUT2D eigenvalue weighted by Crippen LogP contribution is 2.28. The molecule has 0 bridgehead atoms. The van der Waals surface area contributed by atoms with Crippen LogP contribution in [0, 0.1) is 0 Å². The van der Waals surface area contributed by atoms with Crippen LogP contribution in [0.4, 0.5) is 18.3 Å². The minimum atomic E-state index is -4.50. The van der Waals surface area contributed by atoms with Crippen molar-refractivity contribution >= 4 is 16.7 Å². The average molecular weight is 249 g/mol. The molecule has 2 rings (SSSR count). The molecule has 0 spiro atoms. The zero-order valence-electron chi connectivity index (χ0n) is 7.75. The summed E-state index contributed by atoms with van der Waals surface area (Å²) in [5, 5.41) is 9.21. The van der Waals surface area contributed by atoms with E-state index in [1.165, 1.54) is 0 Å². The Morgan fingerprint density at radius 1 is 1.44 bits per heavy atom. The van der Waals surface area contributed by atoms with Gasteiger partial charge in [-0.3, -0.25) is 5.10 Å². The maximum absolute atomic E-state index is 12.2. The molecular formula is C7H6F3N5S. The molecule has 0 aliphatic rings. The van der Waals surface area contributed by atoms with E-state index in [0.717, 1.165) is 5.69 Å². The van der Waals surface area contributed by atoms with E-state index in [4.69, 9.17) is 0 Å². The summed E-state index contributed by atoms with van der Waals surface area (Å²) in [5.41, 5.74) is 0.753. The largest absolute Gasteiger partial charge is 0.452 e. The Balaban J connectivity index is 1.98. The standard InChI is InChI=1S/C7H6F3N5S/c8-7(9,10)5-13-6(16-15-5)11-3-4-1-2-12-14-4/h1-2H,3H2,(H,12,14)(H,11,13,15). The molecule has 5 nitrogen and oxygen atoms in total. The van der Waals surface area contributed by atoms with E-state index in [2.05, 4.69) is 24.9 Å². The molecule has 2 N–H and O–H groups in total. The third-order valence-electron chi connectivity index (χ3n) is 1.67. The van der Waals surface area contributed by atoms with E-state index in [1.807, 2.05) is 0 Å². The van der Waals surface area contributed by atoms with Crippen molar-refractivity contribution in [3.05, 3.63) is 23.8 Å². The molecule has 0 aliphatic heterocycles. The first-order valence-corrected chi connectivity index (χ1v) is 4.96. The van der Waals surface area contributed by atoms with Crippen LogP contribution in [0.5, 0.6) is 0 Å². The highest BCUT2D eigenvalue weighted by molar-refractivity contribution is 7.09. The van der Waals surface area contributed by atoms with Crippen LogP contribution in [-0.2, 0) is 12.7 Å². The quantitative estimate of drug-likeness (QED) is 0.871. The Morgan fingerprint density at radius 3 is 2.81 bits per heavy atom. The summed E-state index contributed by atoms with van der Waals surface area (Å²) in [6.07, 6.45) is -2.94. The van der Waals surface area contributed by atoms with Crippen LogP contribution in [0.15, 0.2) is 12.3 Å². The number of alkyl halides is 3. The van der Waals surface area contributed by atoms with Crippen LogP contribution in [0.1, 0.15) is 11.5 Å². The fourth-order valence-electron chi connectivity index (χ4n) is 0.964. The SMILES string of the molecule is FC(F)(F)c1nsc(NCc2ccn[nH]2)n1. The number of aromatic amines is 1. The number of halogens is 3. The van der Waals surface area contributed by atoms with Gasteiger partial charge in [-0.1, -0.05) is 0 Å². The van der Waals surface area contributed by atoms with Crippen molar-refractivity contribution in [3.63, 3.8) is 0 Å². The summed E-state index contributed by atoms with van der Waals surface area (Å²) in [7, 11) is 0. The summed E-state index contributed by atoms with van der Waals surface area (Å²) in [4.78, 5) is 3.32. The second-order valence-corrected chi connectivity index (χ2v) is 3.61. The summed E-state index contributed by atoms with van der Waals surface area (Å²) < 4.78 is 39.7. The summed E-state index contributed by atoms with van der Waals surface area (Å²) in [6.45, 7) is 0.326. The van der Waals surface area contributed by atoms with Gasteiger partial charge in [0, 0.05) is 17.7 Å². The average Bonchev–Trinajstić information content (AvgIpc) is 2.85. The van der Waals surface area contributed by atoms with Crippen LogP contribution in [0.2, 0.25) is 0 Å². The van der Waals surface area contributed by atoms with E-state index in [9.17, 15) is 13.2 Å². The lowest BCUT2D eigenvalue weighted by atomic mass is 10.4. The molecule has 2 heterocycles. The molecule has 16 heavy (non-hydrogen) atoms. The Bertz CT molecular complexity index is 449. The van der Waals surface area contributed by atoms with Gasteiger partial charge in [0.2, 0.25) is 11.0 Å². The number of nitrogens with one attached hydrogen (secondary N) is 2. The summed E-state index contributed by atoms with van der Waals surface area (Å²) in [5.74, 6) is -1.12. The fraction of sp³-hybridized carbons (Fsp3) is 0.286. The van der Waals surface area contributed by atoms with Gasteiger partial charge < -0.3 is 5.32 Å². The molecule has 0 saturated heterocycles. The first kappa shape index (κ1) is 10.9. The van der Waals surface area contributed by atoms with E-state index in [-0.39, 0.29) is 5.13 Å². The smallest absolute Gasteiger partial charge is 0.355 e. The molecule has 0 atom stereocenters. The number of H-pyrrole nitrogens is 1. The van der Waals surface area contributed by atoms with Crippen LogP contribution < -0.4 is 5.32 Å². The first-order valence-electron chi connectivity index (χ1n) is 4.19. The summed E-state index contributed by atoms with van der Waals surface area (Å²) >= 11 is 0.672. The third kappa shape index (κ3) is 2.48. The molecule has 9 heteroatoms. The molecule has 0 saturated carbocycles. The molecule has 0 unspecified atom stereocenters. The predicted octanol–water partition coefficient (Wildman–Crippen LogP) is 1.89. The molecule has 2 aromatic heterocycles. The van der Waals surface area contributed by atoms with Gasteiger partial charge in [0.1, 0.15) is 0 Å². The van der Waals surface area contributed by atoms with E-state index in [0.29, 0.717) is 18.1 Å². The van der Waals surface area contributed by atoms with E-state index in [1.54, 1.807) is 12.3 Å². The number of nitrogens with zero attached hydrogens (tertiary/aromatic N) is 3. The Kier molecular flexibility index (Phi) is 2.77. The van der Waals surface area contributed by atoms with Gasteiger partial charge >= 0.3 is 6.18 Å². The fourth-order valence-corrected chi connectivity index (χ4v) is 1.55. The van der Waals surface area contributed by atoms with Crippen molar-refractivity contribution in [3.8, 4) is 0 Å². The molecule has 0 aliphatic carbocycles. The lowest BCUT2D eigenvalue weighted by molar-refractivity contribution is -0.144. The lowest BCUT2D eigenvalue weighted by Gasteiger charge is -1.99. The molecule has 2 aromatic rings. The second-order valence-electron chi connectivity index (χ2n) is 2.86. The van der Waals surface area contributed by atoms with Gasteiger partial charge in [0.05, 0.1) is 12.2 Å². The Hall–Kier alpha value is -1.64. The number of anilines is 1. The minimum Gasteiger partial charge on any atom is -0.355 e. The normalized spacial score (nSPS) is 11.7. The Labute approximate surface area is 91.9 Å². The monoisotopic (exact) mass is 249 g/mol. The number of rotatable bonds is 3. The van der Waals surface area contributed by atoms with Crippen LogP contribution in [-0.4, -0.2) is 19.6 Å². The molecule has 0 fully saturated rings. The van der Waals surface area contributed by atoms with Gasteiger partial charge in [0.15, 0.2) is 0 Å². The third-order valence-corrected chi connectivity index (χ3v) is 2.34. The highest BCUT2D eigenvalue weighted by Gasteiger charge is 2.36. The number of hydrogen-bond acceptors (Lipinski definition) is 5. The predicted molar refractivity (Wildman–Crippen MR) is 50.8 cm³/mol. The van der Waals surface area contributed by atoms with E-state index >= 15 is 0 Å². The number of aromatic nitrogens is 4. The molecule has 0 amide bonds. The zero-order valence-corrected chi connectivity index (χ0v) is 8.56. The van der Waals surface area contributed by atoms with Crippen molar-refractivity contribution in [1.82, 2.24) is 19.6 Å². The van der Waals surface area contributed by atoms with Gasteiger partial charge in [-0.15, -0.1) is 0 Å². The van der Waals surface area contributed by atoms with Gasteiger partial charge in [-0.25, -0.2) is 0 Å². The molecular weight excluding hydrogens is 243 g/mol. The Morgan fingerprint density at radius 2 is 2.25 bits per heavy atom. The summed E-state index contributed by atoms with van der Waals surface area (Å²) in [6, 6.07) is 1.71. The molecule has 0 radical (unpaired) electrons. The second kappa shape index (κ2) is 4.08. The zero-order chi connectivity index (χ0) is 11.6. The van der Waals surface area contributed by atoms with Crippen molar-refractivity contribution in [1.29, 1.82) is 0 Å². The van der Waals surface area contributed by atoms with Crippen LogP contribution in [0.25, 0.3) is 0 Å². The number of hydrogen-bond donors (Lipinski definition) is 2. The molecule has 0 aromatic carbocycles. The van der Waals surface area contributed by atoms with Gasteiger partial charge in [-0.05, 0) is 6.07 Å². The van der Waals surface area contributed by atoms with Crippen molar-refractivity contribution in [2.45, 2.75) is 12.7 Å². The lowest BCUT2D eigenvalue weighted by Crippen LogP contribution is -2.07. The minimum absolute atomic E-state index is 0.127. The maximum atomic E-state index is 12.2. The van der Waals surface area contributed by atoms with Crippen molar-refractivity contribution in [2.75, 3.05) is 5.32 Å². The molecule has 86 valence electrons. The topological polar surface area (TPSA) is 66.5 Å². The highest BCUT2D eigenvalue weighted by atomic mass is 32.1. The van der Waals surface area contributed by atoms with Gasteiger partial charge in [-0.2, -0.15) is 27.6 Å². The first-order chi connectivity index (χ1) is 7.55. The van der Waals surface area contributed by atoms with Gasteiger partial charge in [0.25, 0.3) is 0 Å². The van der Waals surface area contributed by atoms with E-state index < -0.39 is 12.0 Å². The van der Waals surface area contributed by atoms with Crippen LogP contribution in [0.3, 0.4) is 0 Å². The van der Waals surface area contributed by atoms with Crippen molar-refractivity contribution in [2.24, 2.45) is 0 Å². The maximum Gasteiger partial charge on any atom is 0.452 e.